The molecule has 2 aromatic rings. The van der Waals surface area contributed by atoms with Crippen LogP contribution in [0.15, 0.2) is 22.6 Å². The summed E-state index contributed by atoms with van der Waals surface area (Å²) in [6, 6.07) is 5.78. The largest absolute Gasteiger partial charge is 0.492 e. The van der Waals surface area contributed by atoms with Crippen molar-refractivity contribution in [3.8, 4) is 5.75 Å². The second kappa shape index (κ2) is 4.76. The third kappa shape index (κ3) is 2.27. The average molecular weight is 284 g/mol. The van der Waals surface area contributed by atoms with Crippen LogP contribution in [0.1, 0.15) is 52.4 Å². The lowest BCUT2D eigenvalue weighted by Crippen LogP contribution is -2.19. The molecule has 1 aromatic carbocycles. The van der Waals surface area contributed by atoms with E-state index in [4.69, 9.17) is 9.15 Å². The van der Waals surface area contributed by atoms with Gasteiger partial charge in [0.2, 0.25) is 0 Å². The van der Waals surface area contributed by atoms with Crippen LogP contribution in [0.3, 0.4) is 0 Å². The van der Waals surface area contributed by atoms with E-state index in [0.717, 1.165) is 23.4 Å². The van der Waals surface area contributed by atoms with Gasteiger partial charge in [0.25, 0.3) is 0 Å². The van der Waals surface area contributed by atoms with Crippen LogP contribution in [-0.2, 0) is 11.8 Å². The zero-order valence-electron chi connectivity index (χ0n) is 12.9. The summed E-state index contributed by atoms with van der Waals surface area (Å²) >= 11 is 0. The van der Waals surface area contributed by atoms with Gasteiger partial charge in [0.05, 0.1) is 6.61 Å². The zero-order valence-corrected chi connectivity index (χ0v) is 12.9. The minimum absolute atomic E-state index is 0.0407. The van der Waals surface area contributed by atoms with Gasteiger partial charge in [0.15, 0.2) is 12.0 Å². The molecule has 0 saturated heterocycles. The summed E-state index contributed by atoms with van der Waals surface area (Å²) < 4.78 is 11.5. The van der Waals surface area contributed by atoms with Gasteiger partial charge in [-0.05, 0) is 37.1 Å². The molecule has 0 radical (unpaired) electrons. The number of hydrogen-bond donors (Lipinski definition) is 0. The molecule has 1 aliphatic rings. The number of carbonyl (C=O) groups is 1. The fraction of sp³-hybridized carbons (Fsp3) is 0.389. The second-order valence-electron chi connectivity index (χ2n) is 6.46. The van der Waals surface area contributed by atoms with E-state index in [2.05, 4.69) is 33.8 Å². The van der Waals surface area contributed by atoms with E-state index in [1.54, 1.807) is 6.07 Å². The molecule has 0 fully saturated rings. The van der Waals surface area contributed by atoms with Crippen molar-refractivity contribution >= 4 is 6.29 Å². The molecule has 21 heavy (non-hydrogen) atoms. The van der Waals surface area contributed by atoms with E-state index in [1.165, 1.54) is 16.7 Å². The Bertz CT molecular complexity index is 707. The van der Waals surface area contributed by atoms with Crippen molar-refractivity contribution in [2.75, 3.05) is 6.61 Å². The highest BCUT2D eigenvalue weighted by atomic mass is 16.5. The molecule has 0 unspecified atom stereocenters. The second-order valence-corrected chi connectivity index (χ2v) is 6.46. The quantitative estimate of drug-likeness (QED) is 0.801. The van der Waals surface area contributed by atoms with Crippen molar-refractivity contribution in [3.63, 3.8) is 0 Å². The zero-order chi connectivity index (χ0) is 15.2. The molecular formula is C18H20O3. The highest BCUT2D eigenvalue weighted by molar-refractivity contribution is 5.70. The lowest BCUT2D eigenvalue weighted by Gasteiger charge is -2.19. The van der Waals surface area contributed by atoms with E-state index in [1.807, 2.05) is 6.07 Å². The molecular weight excluding hydrogens is 264 g/mol. The Kier molecular flexibility index (Phi) is 3.16. The SMILES string of the molecule is Cc1cc(C)c2c(c1Cc1ccc(C=O)o1)OCC2(C)C. The van der Waals surface area contributed by atoms with Crippen molar-refractivity contribution in [2.45, 2.75) is 39.5 Å². The lowest BCUT2D eigenvalue weighted by molar-refractivity contribution is 0.109. The number of aryl methyl sites for hydroxylation is 2. The van der Waals surface area contributed by atoms with Crippen LogP contribution in [0.2, 0.25) is 0 Å². The van der Waals surface area contributed by atoms with Crippen molar-refractivity contribution in [1.82, 2.24) is 0 Å². The molecule has 3 nitrogen and oxygen atoms in total. The Morgan fingerprint density at radius 1 is 1.24 bits per heavy atom. The summed E-state index contributed by atoms with van der Waals surface area (Å²) in [6.45, 7) is 9.37. The molecule has 1 aromatic heterocycles. The smallest absolute Gasteiger partial charge is 0.185 e. The fourth-order valence-corrected chi connectivity index (χ4v) is 3.27. The number of furan rings is 1. The van der Waals surface area contributed by atoms with Gasteiger partial charge in [-0.1, -0.05) is 19.9 Å². The predicted octanol–water partition coefficient (Wildman–Crippen LogP) is 3.97. The highest BCUT2D eigenvalue weighted by Crippen LogP contribution is 2.44. The summed E-state index contributed by atoms with van der Waals surface area (Å²) in [7, 11) is 0. The Balaban J connectivity index is 2.07. The summed E-state index contributed by atoms with van der Waals surface area (Å²) in [4.78, 5) is 10.7. The maximum Gasteiger partial charge on any atom is 0.185 e. The van der Waals surface area contributed by atoms with Crippen LogP contribution in [0, 0.1) is 13.8 Å². The molecule has 0 saturated carbocycles. The molecule has 110 valence electrons. The molecule has 0 N–H and O–H groups in total. The Hall–Kier alpha value is -2.03. The number of fused-ring (bicyclic) bond motifs is 1. The van der Waals surface area contributed by atoms with E-state index < -0.39 is 0 Å². The van der Waals surface area contributed by atoms with Gasteiger partial charge in [-0.25, -0.2) is 0 Å². The molecule has 2 heterocycles. The van der Waals surface area contributed by atoms with Gasteiger partial charge in [0.1, 0.15) is 11.5 Å². The molecule has 0 amide bonds. The standard InChI is InChI=1S/C18H20O3/c1-11-7-12(2)16-17(20-10-18(16,3)4)15(11)8-13-5-6-14(9-19)21-13/h5-7,9H,8,10H2,1-4H3. The third-order valence-electron chi connectivity index (χ3n) is 4.21. The first-order valence-electron chi connectivity index (χ1n) is 7.22. The predicted molar refractivity (Wildman–Crippen MR) is 81.3 cm³/mol. The molecule has 0 spiro atoms. The number of aldehydes is 1. The van der Waals surface area contributed by atoms with E-state index in [0.29, 0.717) is 18.8 Å². The van der Waals surface area contributed by atoms with Crippen LogP contribution < -0.4 is 4.74 Å². The normalized spacial score (nSPS) is 15.6. The minimum atomic E-state index is 0.0407. The van der Waals surface area contributed by atoms with E-state index in [9.17, 15) is 4.79 Å². The fourth-order valence-electron chi connectivity index (χ4n) is 3.27. The molecule has 1 aliphatic heterocycles. The van der Waals surface area contributed by atoms with Crippen molar-refractivity contribution in [1.29, 1.82) is 0 Å². The van der Waals surface area contributed by atoms with E-state index in [-0.39, 0.29) is 5.41 Å². The van der Waals surface area contributed by atoms with Gasteiger partial charge in [-0.15, -0.1) is 0 Å². The van der Waals surface area contributed by atoms with Gasteiger partial charge < -0.3 is 9.15 Å². The van der Waals surface area contributed by atoms with Gasteiger partial charge in [0, 0.05) is 23.0 Å². The molecule has 0 atom stereocenters. The Morgan fingerprint density at radius 2 is 2.00 bits per heavy atom. The first kappa shape index (κ1) is 13.9. The number of benzene rings is 1. The first-order chi connectivity index (χ1) is 9.92. The topological polar surface area (TPSA) is 39.4 Å². The van der Waals surface area contributed by atoms with Crippen molar-refractivity contribution < 1.29 is 13.9 Å². The van der Waals surface area contributed by atoms with Crippen LogP contribution in [0.4, 0.5) is 0 Å². The van der Waals surface area contributed by atoms with Crippen LogP contribution in [0.5, 0.6) is 5.75 Å². The molecule has 0 bridgehead atoms. The van der Waals surface area contributed by atoms with Gasteiger partial charge in [-0.3, -0.25) is 4.79 Å². The lowest BCUT2D eigenvalue weighted by atomic mass is 9.82. The third-order valence-corrected chi connectivity index (χ3v) is 4.21. The summed E-state index contributed by atoms with van der Waals surface area (Å²) in [6.07, 6.45) is 1.38. The monoisotopic (exact) mass is 284 g/mol. The number of hydrogen-bond acceptors (Lipinski definition) is 3. The maximum atomic E-state index is 10.7. The maximum absolute atomic E-state index is 10.7. The molecule has 0 aliphatic carbocycles. The Labute approximate surface area is 124 Å². The minimum Gasteiger partial charge on any atom is -0.492 e. The van der Waals surface area contributed by atoms with Gasteiger partial charge in [-0.2, -0.15) is 0 Å². The van der Waals surface area contributed by atoms with Crippen molar-refractivity contribution in [3.05, 3.63) is 52.0 Å². The number of ether oxygens (including phenoxy) is 1. The van der Waals surface area contributed by atoms with Gasteiger partial charge >= 0.3 is 0 Å². The number of rotatable bonds is 3. The van der Waals surface area contributed by atoms with Crippen LogP contribution in [0.25, 0.3) is 0 Å². The summed E-state index contributed by atoms with van der Waals surface area (Å²) in [5.74, 6) is 2.16. The van der Waals surface area contributed by atoms with Crippen molar-refractivity contribution in [2.24, 2.45) is 0 Å². The van der Waals surface area contributed by atoms with E-state index >= 15 is 0 Å². The first-order valence-corrected chi connectivity index (χ1v) is 7.22. The number of carbonyl (C=O) groups excluding carboxylic acids is 1. The Morgan fingerprint density at radius 3 is 2.67 bits per heavy atom. The van der Waals surface area contributed by atoms with Crippen LogP contribution in [-0.4, -0.2) is 12.9 Å². The highest BCUT2D eigenvalue weighted by Gasteiger charge is 2.35. The summed E-state index contributed by atoms with van der Waals surface area (Å²) in [5.41, 5.74) is 4.98. The summed E-state index contributed by atoms with van der Waals surface area (Å²) in [5, 5.41) is 0. The molecule has 3 heteroatoms. The van der Waals surface area contributed by atoms with Crippen LogP contribution >= 0.6 is 0 Å². The molecule has 3 rings (SSSR count). The average Bonchev–Trinajstić information content (AvgIpc) is 2.98.